The molecule has 0 aromatic heterocycles. The smallest absolute Gasteiger partial charge is 0.132 e. The van der Waals surface area contributed by atoms with Gasteiger partial charge in [0.1, 0.15) is 11.5 Å². The lowest BCUT2D eigenvalue weighted by atomic mass is 10.1. The van der Waals surface area contributed by atoms with Crippen molar-refractivity contribution in [1.82, 2.24) is 0 Å². The van der Waals surface area contributed by atoms with Gasteiger partial charge in [0.05, 0.1) is 0 Å². The van der Waals surface area contributed by atoms with Crippen molar-refractivity contribution in [3.8, 4) is 11.5 Å². The summed E-state index contributed by atoms with van der Waals surface area (Å²) >= 11 is 19.4. The first-order valence-electron chi connectivity index (χ1n) is 6.52. The number of hydrogen-bond donors (Lipinski definition) is 0. The number of rotatable bonds is 6. The van der Waals surface area contributed by atoms with E-state index in [2.05, 4.69) is 31.9 Å². The van der Waals surface area contributed by atoms with Crippen LogP contribution in [-0.4, -0.2) is 10.7 Å². The van der Waals surface area contributed by atoms with Gasteiger partial charge in [-0.1, -0.05) is 67.2 Å². The average Bonchev–Trinajstić information content (AvgIpc) is 2.46. The zero-order valence-electron chi connectivity index (χ0n) is 11.2. The van der Waals surface area contributed by atoms with Crippen molar-refractivity contribution in [1.29, 1.82) is 0 Å². The van der Waals surface area contributed by atoms with E-state index in [1.54, 1.807) is 0 Å². The predicted octanol–water partition coefficient (Wildman–Crippen LogP) is 6.66. The van der Waals surface area contributed by atoms with Crippen LogP contribution < -0.4 is 4.74 Å². The first-order chi connectivity index (χ1) is 10.2. The van der Waals surface area contributed by atoms with Crippen LogP contribution in [0.1, 0.15) is 11.1 Å². The van der Waals surface area contributed by atoms with Crippen LogP contribution in [0.25, 0.3) is 0 Å². The zero-order chi connectivity index (χ0) is 15.2. The van der Waals surface area contributed by atoms with Crippen molar-refractivity contribution in [2.45, 2.75) is 12.8 Å². The SMILES string of the molecule is Clc1cccc(Oc2cccc(Cl)c2CCBr)c1CCBr. The van der Waals surface area contributed by atoms with Crippen molar-refractivity contribution in [2.24, 2.45) is 0 Å². The molecule has 0 saturated heterocycles. The van der Waals surface area contributed by atoms with Crippen LogP contribution in [0.15, 0.2) is 36.4 Å². The van der Waals surface area contributed by atoms with Gasteiger partial charge in [-0.3, -0.25) is 0 Å². The molecule has 0 N–H and O–H groups in total. The lowest BCUT2D eigenvalue weighted by Crippen LogP contribution is -1.98. The topological polar surface area (TPSA) is 9.23 Å². The molecular formula is C16H14Br2Cl2O. The molecule has 0 unspecified atom stereocenters. The molecule has 2 rings (SSSR count). The number of ether oxygens (including phenoxy) is 1. The van der Waals surface area contributed by atoms with Crippen molar-refractivity contribution in [2.75, 3.05) is 10.7 Å². The molecule has 21 heavy (non-hydrogen) atoms. The minimum absolute atomic E-state index is 0.719. The fourth-order valence-corrected chi connectivity index (χ4v) is 3.38. The van der Waals surface area contributed by atoms with Crippen molar-refractivity contribution in [3.05, 3.63) is 57.6 Å². The summed E-state index contributed by atoms with van der Waals surface area (Å²) in [5.41, 5.74) is 2.00. The second-order valence-electron chi connectivity index (χ2n) is 4.41. The minimum atomic E-state index is 0.719. The van der Waals surface area contributed by atoms with Crippen LogP contribution in [0.5, 0.6) is 11.5 Å². The molecule has 0 heterocycles. The molecule has 0 atom stereocenters. The van der Waals surface area contributed by atoms with E-state index in [1.165, 1.54) is 0 Å². The lowest BCUT2D eigenvalue weighted by molar-refractivity contribution is 0.471. The standard InChI is InChI=1S/C16H14Br2Cl2O/c17-9-7-11-13(19)3-1-5-15(11)21-16-6-2-4-14(20)12(16)8-10-18/h1-6H,7-10H2. The van der Waals surface area contributed by atoms with Crippen LogP contribution in [0.2, 0.25) is 10.0 Å². The second kappa shape index (κ2) is 8.42. The van der Waals surface area contributed by atoms with Crippen LogP contribution in [0.4, 0.5) is 0 Å². The Kier molecular flexibility index (Phi) is 6.87. The molecule has 0 radical (unpaired) electrons. The van der Waals surface area contributed by atoms with Gasteiger partial charge in [0, 0.05) is 31.8 Å². The first kappa shape index (κ1) is 17.1. The van der Waals surface area contributed by atoms with E-state index in [0.717, 1.165) is 56.2 Å². The van der Waals surface area contributed by atoms with Gasteiger partial charge in [0.2, 0.25) is 0 Å². The third-order valence-electron chi connectivity index (χ3n) is 3.06. The van der Waals surface area contributed by atoms with Crippen LogP contribution in [0.3, 0.4) is 0 Å². The summed E-state index contributed by atoms with van der Waals surface area (Å²) in [5, 5.41) is 3.10. The molecule has 1 nitrogen and oxygen atoms in total. The van der Waals surface area contributed by atoms with Gasteiger partial charge in [-0.05, 0) is 37.1 Å². The molecule has 5 heteroatoms. The van der Waals surface area contributed by atoms with Crippen molar-refractivity contribution in [3.63, 3.8) is 0 Å². The Morgan fingerprint density at radius 3 is 1.57 bits per heavy atom. The van der Waals surface area contributed by atoms with Gasteiger partial charge in [0.15, 0.2) is 0 Å². The lowest BCUT2D eigenvalue weighted by Gasteiger charge is -2.15. The Morgan fingerprint density at radius 2 is 1.19 bits per heavy atom. The van der Waals surface area contributed by atoms with E-state index in [9.17, 15) is 0 Å². The summed E-state index contributed by atoms with van der Waals surface area (Å²) in [7, 11) is 0. The van der Waals surface area contributed by atoms with Crippen LogP contribution in [-0.2, 0) is 12.8 Å². The van der Waals surface area contributed by atoms with Crippen LogP contribution in [0, 0.1) is 0 Å². The van der Waals surface area contributed by atoms with Gasteiger partial charge in [0.25, 0.3) is 0 Å². The van der Waals surface area contributed by atoms with Gasteiger partial charge < -0.3 is 4.74 Å². The van der Waals surface area contributed by atoms with E-state index in [1.807, 2.05) is 36.4 Å². The fourth-order valence-electron chi connectivity index (χ4n) is 2.06. The van der Waals surface area contributed by atoms with E-state index in [4.69, 9.17) is 27.9 Å². The monoisotopic (exact) mass is 450 g/mol. The highest BCUT2D eigenvalue weighted by Gasteiger charge is 2.12. The molecule has 0 bridgehead atoms. The van der Waals surface area contributed by atoms with Gasteiger partial charge in [-0.25, -0.2) is 0 Å². The summed E-state index contributed by atoms with van der Waals surface area (Å²) < 4.78 is 6.10. The normalized spacial score (nSPS) is 10.7. The molecular weight excluding hydrogens is 439 g/mol. The molecule has 0 aliphatic carbocycles. The molecule has 0 spiro atoms. The number of alkyl halides is 2. The zero-order valence-corrected chi connectivity index (χ0v) is 15.9. The van der Waals surface area contributed by atoms with E-state index >= 15 is 0 Å². The number of hydrogen-bond acceptors (Lipinski definition) is 1. The Bertz CT molecular complexity index is 564. The molecule has 0 aliphatic rings. The highest BCUT2D eigenvalue weighted by atomic mass is 79.9. The molecule has 0 aliphatic heterocycles. The molecule has 2 aromatic rings. The average molecular weight is 453 g/mol. The maximum Gasteiger partial charge on any atom is 0.132 e. The summed E-state index contributed by atoms with van der Waals surface area (Å²) in [6.45, 7) is 0. The minimum Gasteiger partial charge on any atom is -0.457 e. The summed E-state index contributed by atoms with van der Waals surface area (Å²) in [4.78, 5) is 0. The number of halogens is 4. The maximum atomic E-state index is 6.27. The summed E-state index contributed by atoms with van der Waals surface area (Å²) in [6, 6.07) is 11.4. The highest BCUT2D eigenvalue weighted by molar-refractivity contribution is 9.09. The van der Waals surface area contributed by atoms with Crippen molar-refractivity contribution < 1.29 is 4.74 Å². The third kappa shape index (κ3) is 4.38. The number of benzene rings is 2. The summed E-state index contributed by atoms with van der Waals surface area (Å²) in [6.07, 6.45) is 1.62. The molecule has 0 saturated carbocycles. The van der Waals surface area contributed by atoms with E-state index < -0.39 is 0 Å². The van der Waals surface area contributed by atoms with Crippen molar-refractivity contribution >= 4 is 55.1 Å². The maximum absolute atomic E-state index is 6.27. The van der Waals surface area contributed by atoms with E-state index in [0.29, 0.717) is 0 Å². The molecule has 0 amide bonds. The van der Waals surface area contributed by atoms with Gasteiger partial charge in [-0.2, -0.15) is 0 Å². The molecule has 112 valence electrons. The first-order valence-corrected chi connectivity index (χ1v) is 9.51. The fraction of sp³-hybridized carbons (Fsp3) is 0.250. The molecule has 0 fully saturated rings. The Balaban J connectivity index is 2.39. The largest absolute Gasteiger partial charge is 0.457 e. The van der Waals surface area contributed by atoms with Gasteiger partial charge in [-0.15, -0.1) is 0 Å². The summed E-state index contributed by atoms with van der Waals surface area (Å²) in [5.74, 6) is 1.56. The Morgan fingerprint density at radius 1 is 0.762 bits per heavy atom. The molecule has 2 aromatic carbocycles. The highest BCUT2D eigenvalue weighted by Crippen LogP contribution is 2.35. The second-order valence-corrected chi connectivity index (χ2v) is 6.81. The third-order valence-corrected chi connectivity index (χ3v) is 4.56. The Hall–Kier alpha value is -0.220. The Labute approximate surface area is 151 Å². The van der Waals surface area contributed by atoms with Gasteiger partial charge >= 0.3 is 0 Å². The quantitative estimate of drug-likeness (QED) is 0.445. The van der Waals surface area contributed by atoms with E-state index in [-0.39, 0.29) is 0 Å². The predicted molar refractivity (Wildman–Crippen MR) is 98.0 cm³/mol. The van der Waals surface area contributed by atoms with Crippen LogP contribution >= 0.6 is 55.1 Å².